The standard InChI is InChI=1S/C18H22ClF3N2O2/c1-12(2)16(25)23-8-4-5-13(10-23)17(26)24(11-18(20,21)22)15-7-3-6-14(19)9-15/h3,6-7,9,12-13H,4-5,8,10-11H2,1-2H3. The number of halogens is 4. The third-order valence-corrected chi connectivity index (χ3v) is 4.53. The Morgan fingerprint density at radius 1 is 1.35 bits per heavy atom. The maximum absolute atomic E-state index is 13.0. The fourth-order valence-electron chi connectivity index (χ4n) is 3.08. The molecular weight excluding hydrogens is 369 g/mol. The zero-order valence-electron chi connectivity index (χ0n) is 14.7. The molecule has 144 valence electrons. The number of carbonyl (C=O) groups excluding carboxylic acids is 2. The molecule has 1 unspecified atom stereocenters. The summed E-state index contributed by atoms with van der Waals surface area (Å²) in [5.41, 5.74) is 0.104. The summed E-state index contributed by atoms with van der Waals surface area (Å²) in [6.45, 7) is 2.80. The Morgan fingerprint density at radius 3 is 2.62 bits per heavy atom. The molecule has 1 aliphatic rings. The van der Waals surface area contributed by atoms with Crippen molar-refractivity contribution >= 4 is 29.1 Å². The van der Waals surface area contributed by atoms with E-state index in [0.29, 0.717) is 19.4 Å². The number of hydrogen-bond donors (Lipinski definition) is 0. The second kappa shape index (κ2) is 8.29. The maximum Gasteiger partial charge on any atom is 0.406 e. The van der Waals surface area contributed by atoms with Crippen molar-refractivity contribution in [1.29, 1.82) is 0 Å². The van der Waals surface area contributed by atoms with Gasteiger partial charge in [0.25, 0.3) is 0 Å². The quantitative estimate of drug-likeness (QED) is 0.775. The first-order valence-corrected chi connectivity index (χ1v) is 8.89. The first kappa shape index (κ1) is 20.6. The number of rotatable bonds is 4. The molecule has 1 atom stereocenters. The number of piperidine rings is 1. The molecule has 1 aliphatic heterocycles. The number of carbonyl (C=O) groups is 2. The van der Waals surface area contributed by atoms with Gasteiger partial charge in [-0.1, -0.05) is 31.5 Å². The van der Waals surface area contributed by atoms with Crippen LogP contribution in [0.2, 0.25) is 5.02 Å². The lowest BCUT2D eigenvalue weighted by molar-refractivity contribution is -0.140. The van der Waals surface area contributed by atoms with Gasteiger partial charge >= 0.3 is 6.18 Å². The smallest absolute Gasteiger partial charge is 0.342 e. The zero-order chi connectivity index (χ0) is 19.5. The molecule has 0 radical (unpaired) electrons. The van der Waals surface area contributed by atoms with Gasteiger partial charge in [-0.3, -0.25) is 9.59 Å². The highest BCUT2D eigenvalue weighted by Crippen LogP contribution is 2.28. The number of hydrogen-bond acceptors (Lipinski definition) is 2. The Hall–Kier alpha value is -1.76. The minimum absolute atomic E-state index is 0.0902. The van der Waals surface area contributed by atoms with Crippen LogP contribution >= 0.6 is 11.6 Å². The van der Waals surface area contributed by atoms with Crippen LogP contribution in [0.25, 0.3) is 0 Å². The van der Waals surface area contributed by atoms with Crippen LogP contribution in [0.15, 0.2) is 24.3 Å². The SMILES string of the molecule is CC(C)C(=O)N1CCCC(C(=O)N(CC(F)(F)F)c2cccc(Cl)c2)C1. The van der Waals surface area contributed by atoms with Crippen LogP contribution in [-0.2, 0) is 9.59 Å². The molecule has 26 heavy (non-hydrogen) atoms. The van der Waals surface area contributed by atoms with Gasteiger partial charge in [-0.15, -0.1) is 0 Å². The van der Waals surface area contributed by atoms with E-state index < -0.39 is 24.5 Å². The molecular formula is C18H22ClF3N2O2. The average Bonchev–Trinajstić information content (AvgIpc) is 2.57. The van der Waals surface area contributed by atoms with E-state index in [2.05, 4.69) is 0 Å². The van der Waals surface area contributed by atoms with Gasteiger partial charge in [0.15, 0.2) is 0 Å². The van der Waals surface area contributed by atoms with Crippen molar-refractivity contribution in [3.63, 3.8) is 0 Å². The Balaban J connectivity index is 2.24. The molecule has 1 heterocycles. The fourth-order valence-corrected chi connectivity index (χ4v) is 3.27. The summed E-state index contributed by atoms with van der Waals surface area (Å²) >= 11 is 5.88. The highest BCUT2D eigenvalue weighted by molar-refractivity contribution is 6.30. The number of alkyl halides is 3. The summed E-state index contributed by atoms with van der Waals surface area (Å²) in [4.78, 5) is 27.3. The van der Waals surface area contributed by atoms with Gasteiger partial charge in [0.05, 0.1) is 5.92 Å². The van der Waals surface area contributed by atoms with E-state index in [1.165, 1.54) is 24.3 Å². The van der Waals surface area contributed by atoms with Crippen LogP contribution in [0.3, 0.4) is 0 Å². The topological polar surface area (TPSA) is 40.6 Å². The molecule has 1 aromatic rings. The molecule has 1 saturated heterocycles. The first-order chi connectivity index (χ1) is 12.1. The van der Waals surface area contributed by atoms with Crippen molar-refractivity contribution in [3.8, 4) is 0 Å². The van der Waals surface area contributed by atoms with Gasteiger partial charge in [-0.25, -0.2) is 0 Å². The van der Waals surface area contributed by atoms with Gasteiger partial charge in [0.1, 0.15) is 6.54 Å². The Kier molecular flexibility index (Phi) is 6.55. The third kappa shape index (κ3) is 5.37. The minimum atomic E-state index is -4.54. The van der Waals surface area contributed by atoms with Gasteiger partial charge < -0.3 is 9.80 Å². The van der Waals surface area contributed by atoms with Crippen LogP contribution < -0.4 is 4.90 Å². The molecule has 0 saturated carbocycles. The Morgan fingerprint density at radius 2 is 2.04 bits per heavy atom. The monoisotopic (exact) mass is 390 g/mol. The zero-order valence-corrected chi connectivity index (χ0v) is 15.5. The highest BCUT2D eigenvalue weighted by atomic mass is 35.5. The van der Waals surface area contributed by atoms with E-state index in [1.54, 1.807) is 18.7 Å². The van der Waals surface area contributed by atoms with Crippen molar-refractivity contribution in [2.75, 3.05) is 24.5 Å². The summed E-state index contributed by atoms with van der Waals surface area (Å²) in [6.07, 6.45) is -3.50. The van der Waals surface area contributed by atoms with Crippen LogP contribution in [0, 0.1) is 11.8 Å². The Labute approximate surface area is 155 Å². The molecule has 1 fully saturated rings. The van der Waals surface area contributed by atoms with E-state index >= 15 is 0 Å². The predicted octanol–water partition coefficient (Wildman–Crippen LogP) is 4.13. The highest BCUT2D eigenvalue weighted by Gasteiger charge is 2.38. The van der Waals surface area contributed by atoms with Crippen molar-refractivity contribution in [3.05, 3.63) is 29.3 Å². The number of nitrogens with zero attached hydrogens (tertiary/aromatic N) is 2. The van der Waals surface area contributed by atoms with E-state index in [9.17, 15) is 22.8 Å². The molecule has 4 nitrogen and oxygen atoms in total. The third-order valence-electron chi connectivity index (χ3n) is 4.30. The van der Waals surface area contributed by atoms with Crippen LogP contribution in [-0.4, -0.2) is 42.5 Å². The second-order valence-electron chi connectivity index (χ2n) is 6.80. The molecule has 0 N–H and O–H groups in total. The molecule has 2 amide bonds. The summed E-state index contributed by atoms with van der Waals surface area (Å²) in [5, 5.41) is 0.253. The minimum Gasteiger partial charge on any atom is -0.342 e. The summed E-state index contributed by atoms with van der Waals surface area (Å²) < 4.78 is 39.1. The van der Waals surface area contributed by atoms with Crippen molar-refractivity contribution in [2.45, 2.75) is 32.9 Å². The summed E-state index contributed by atoms with van der Waals surface area (Å²) in [6, 6.07) is 5.80. The normalized spacial score (nSPS) is 18.1. The lowest BCUT2D eigenvalue weighted by Crippen LogP contribution is -2.49. The summed E-state index contributed by atoms with van der Waals surface area (Å²) in [7, 11) is 0. The predicted molar refractivity (Wildman–Crippen MR) is 94.0 cm³/mol. The summed E-state index contributed by atoms with van der Waals surface area (Å²) in [5.74, 6) is -1.60. The molecule has 0 aromatic heterocycles. The van der Waals surface area contributed by atoms with Gasteiger partial charge in [-0.2, -0.15) is 13.2 Å². The van der Waals surface area contributed by atoms with E-state index in [1.807, 2.05) is 0 Å². The molecule has 0 bridgehead atoms. The molecule has 8 heteroatoms. The molecule has 0 aliphatic carbocycles. The maximum atomic E-state index is 13.0. The number of anilines is 1. The number of benzene rings is 1. The average molecular weight is 391 g/mol. The van der Waals surface area contributed by atoms with Gasteiger partial charge in [0, 0.05) is 29.7 Å². The van der Waals surface area contributed by atoms with Gasteiger partial charge in [0.2, 0.25) is 11.8 Å². The van der Waals surface area contributed by atoms with Crippen molar-refractivity contribution in [2.24, 2.45) is 11.8 Å². The van der Waals surface area contributed by atoms with Crippen LogP contribution in [0.1, 0.15) is 26.7 Å². The molecule has 1 aromatic carbocycles. The fraction of sp³-hybridized carbons (Fsp3) is 0.556. The number of amides is 2. The lowest BCUT2D eigenvalue weighted by atomic mass is 9.95. The number of likely N-dealkylation sites (tertiary alicyclic amines) is 1. The van der Waals surface area contributed by atoms with Crippen LogP contribution in [0.4, 0.5) is 18.9 Å². The molecule has 2 rings (SSSR count). The first-order valence-electron chi connectivity index (χ1n) is 8.51. The second-order valence-corrected chi connectivity index (χ2v) is 7.23. The van der Waals surface area contributed by atoms with E-state index in [0.717, 1.165) is 4.90 Å². The van der Waals surface area contributed by atoms with Crippen molar-refractivity contribution < 1.29 is 22.8 Å². The lowest BCUT2D eigenvalue weighted by Gasteiger charge is -2.36. The van der Waals surface area contributed by atoms with Gasteiger partial charge in [-0.05, 0) is 31.0 Å². The molecule has 0 spiro atoms. The van der Waals surface area contributed by atoms with E-state index in [4.69, 9.17) is 11.6 Å². The van der Waals surface area contributed by atoms with Crippen LogP contribution in [0.5, 0.6) is 0 Å². The Bertz CT molecular complexity index is 664. The van der Waals surface area contributed by atoms with Crippen molar-refractivity contribution in [1.82, 2.24) is 4.90 Å². The van der Waals surface area contributed by atoms with E-state index in [-0.39, 0.29) is 29.1 Å². The largest absolute Gasteiger partial charge is 0.406 e.